The maximum Gasteiger partial charge on any atom is 0.243 e. The summed E-state index contributed by atoms with van der Waals surface area (Å²) in [6.07, 6.45) is 3.61. The number of hydrogen-bond acceptors (Lipinski definition) is 4. The minimum atomic E-state index is -0.780. The van der Waals surface area contributed by atoms with E-state index < -0.39 is 5.41 Å². The number of carbonyl (C=O) groups is 2. The Morgan fingerprint density at radius 3 is 2.63 bits per heavy atom. The molecule has 1 atom stereocenters. The Morgan fingerprint density at radius 2 is 2.11 bits per heavy atom. The van der Waals surface area contributed by atoms with Crippen molar-refractivity contribution in [2.45, 2.75) is 24.7 Å². The molecule has 0 aliphatic carbocycles. The minimum Gasteiger partial charge on any atom is -0.468 e. The van der Waals surface area contributed by atoms with Gasteiger partial charge < -0.3 is 9.73 Å². The quantitative estimate of drug-likeness (QED) is 0.805. The first-order valence-corrected chi connectivity index (χ1v) is 6.72. The van der Waals surface area contributed by atoms with E-state index in [1.807, 2.05) is 6.07 Å². The van der Waals surface area contributed by atoms with Gasteiger partial charge in [0, 0.05) is 13.5 Å². The van der Waals surface area contributed by atoms with Crippen molar-refractivity contribution in [3.05, 3.63) is 24.2 Å². The Morgan fingerprint density at radius 1 is 1.37 bits per heavy atom. The lowest BCUT2D eigenvalue weighted by Crippen LogP contribution is -2.46. The molecule has 1 aromatic heterocycles. The lowest BCUT2D eigenvalue weighted by molar-refractivity contribution is -0.139. The van der Waals surface area contributed by atoms with Gasteiger partial charge in [-0.3, -0.25) is 14.5 Å². The normalized spacial score (nSPS) is 29.2. The second kappa shape index (κ2) is 4.49. The Balaban J connectivity index is 2.06. The van der Waals surface area contributed by atoms with Crippen molar-refractivity contribution >= 4 is 11.8 Å². The minimum absolute atomic E-state index is 0.111. The van der Waals surface area contributed by atoms with Crippen molar-refractivity contribution < 1.29 is 14.0 Å². The van der Waals surface area contributed by atoms with Gasteiger partial charge in [0.25, 0.3) is 0 Å². The summed E-state index contributed by atoms with van der Waals surface area (Å²) in [5, 5.41) is 3.30. The lowest BCUT2D eigenvalue weighted by atomic mass is 9.68. The van der Waals surface area contributed by atoms with Crippen LogP contribution in [0.4, 0.5) is 0 Å². The van der Waals surface area contributed by atoms with Gasteiger partial charge in [0.15, 0.2) is 0 Å². The van der Waals surface area contributed by atoms with Gasteiger partial charge in [-0.1, -0.05) is 0 Å². The highest BCUT2D eigenvalue weighted by molar-refractivity contribution is 6.08. The van der Waals surface area contributed by atoms with Gasteiger partial charge in [-0.15, -0.1) is 0 Å². The van der Waals surface area contributed by atoms with Gasteiger partial charge in [-0.05, 0) is 44.0 Å². The molecule has 2 aliphatic heterocycles. The Kier molecular flexibility index (Phi) is 2.93. The van der Waals surface area contributed by atoms with Gasteiger partial charge in [0.05, 0.1) is 6.26 Å². The highest BCUT2D eigenvalue weighted by Crippen LogP contribution is 2.45. The third-order valence-corrected chi connectivity index (χ3v) is 4.49. The van der Waals surface area contributed by atoms with Crippen LogP contribution in [-0.2, 0) is 15.0 Å². The van der Waals surface area contributed by atoms with Crippen molar-refractivity contribution in [3.8, 4) is 0 Å². The summed E-state index contributed by atoms with van der Waals surface area (Å²) >= 11 is 0. The molecule has 0 aromatic carbocycles. The van der Waals surface area contributed by atoms with Crippen LogP contribution in [0.1, 0.15) is 25.0 Å². The first-order chi connectivity index (χ1) is 9.16. The standard InChI is InChI=1S/C14H18N2O3/c1-16-12(17)9-14(13(16)18,11-3-2-8-19-11)10-4-6-15-7-5-10/h2-3,8,10,15H,4-7,9H2,1H3. The molecule has 2 aliphatic rings. The number of rotatable bonds is 2. The summed E-state index contributed by atoms with van der Waals surface area (Å²) in [7, 11) is 1.57. The van der Waals surface area contributed by atoms with Gasteiger partial charge >= 0.3 is 0 Å². The highest BCUT2D eigenvalue weighted by Gasteiger charge is 2.57. The predicted molar refractivity (Wildman–Crippen MR) is 68.4 cm³/mol. The number of likely N-dealkylation sites (N-methyl/N-ethyl adjacent to an activating group) is 1. The van der Waals surface area contributed by atoms with E-state index in [-0.39, 0.29) is 24.2 Å². The van der Waals surface area contributed by atoms with Crippen LogP contribution in [0, 0.1) is 5.92 Å². The van der Waals surface area contributed by atoms with E-state index in [2.05, 4.69) is 5.32 Å². The number of piperidine rings is 1. The number of hydrogen-bond donors (Lipinski definition) is 1. The fourth-order valence-electron chi connectivity index (χ4n) is 3.41. The van der Waals surface area contributed by atoms with Gasteiger partial charge in [-0.2, -0.15) is 0 Å². The Hall–Kier alpha value is -1.62. The summed E-state index contributed by atoms with van der Waals surface area (Å²) in [5.41, 5.74) is -0.780. The van der Waals surface area contributed by atoms with Crippen LogP contribution in [0.15, 0.2) is 22.8 Å². The van der Waals surface area contributed by atoms with Crippen molar-refractivity contribution in [2.75, 3.05) is 20.1 Å². The van der Waals surface area contributed by atoms with E-state index in [0.717, 1.165) is 25.9 Å². The maximum atomic E-state index is 12.7. The highest BCUT2D eigenvalue weighted by atomic mass is 16.3. The van der Waals surface area contributed by atoms with Crippen LogP contribution in [-0.4, -0.2) is 36.9 Å². The molecule has 2 fully saturated rings. The van der Waals surface area contributed by atoms with Crippen molar-refractivity contribution in [2.24, 2.45) is 5.92 Å². The van der Waals surface area contributed by atoms with E-state index in [4.69, 9.17) is 4.42 Å². The lowest BCUT2D eigenvalue weighted by Gasteiger charge is -2.36. The number of nitrogens with one attached hydrogen (secondary N) is 1. The SMILES string of the molecule is CN1C(=O)CC(c2ccco2)(C2CCNCC2)C1=O. The summed E-state index contributed by atoms with van der Waals surface area (Å²) < 4.78 is 5.52. The van der Waals surface area contributed by atoms with E-state index >= 15 is 0 Å². The molecule has 102 valence electrons. The topological polar surface area (TPSA) is 62.6 Å². The van der Waals surface area contributed by atoms with E-state index in [1.54, 1.807) is 19.4 Å². The number of amides is 2. The molecule has 1 N–H and O–H groups in total. The van der Waals surface area contributed by atoms with E-state index in [9.17, 15) is 9.59 Å². The molecule has 3 heterocycles. The second-order valence-corrected chi connectivity index (χ2v) is 5.41. The number of likely N-dealkylation sites (tertiary alicyclic amines) is 1. The van der Waals surface area contributed by atoms with Crippen LogP contribution < -0.4 is 5.32 Å². The molecular formula is C14H18N2O3. The second-order valence-electron chi connectivity index (χ2n) is 5.41. The molecule has 19 heavy (non-hydrogen) atoms. The van der Waals surface area contributed by atoms with Crippen molar-refractivity contribution in [1.82, 2.24) is 10.2 Å². The molecule has 0 radical (unpaired) electrons. The van der Waals surface area contributed by atoms with Gasteiger partial charge in [0.2, 0.25) is 11.8 Å². The largest absolute Gasteiger partial charge is 0.468 e. The van der Waals surface area contributed by atoms with Crippen molar-refractivity contribution in [3.63, 3.8) is 0 Å². The van der Waals surface area contributed by atoms with Crippen LogP contribution in [0.5, 0.6) is 0 Å². The third kappa shape index (κ3) is 1.72. The number of furan rings is 1. The summed E-state index contributed by atoms with van der Waals surface area (Å²) in [6.45, 7) is 1.77. The summed E-state index contributed by atoms with van der Waals surface area (Å²) in [4.78, 5) is 25.9. The molecule has 0 bridgehead atoms. The predicted octanol–water partition coefficient (Wildman–Crippen LogP) is 0.906. The van der Waals surface area contributed by atoms with Crippen LogP contribution in [0.3, 0.4) is 0 Å². The number of carbonyl (C=O) groups excluding carboxylic acids is 2. The van der Waals surface area contributed by atoms with Crippen molar-refractivity contribution in [1.29, 1.82) is 0 Å². The molecule has 1 aromatic rings. The average Bonchev–Trinajstić information content (AvgIpc) is 3.04. The fraction of sp³-hybridized carbons (Fsp3) is 0.571. The maximum absolute atomic E-state index is 12.7. The molecule has 1 unspecified atom stereocenters. The molecular weight excluding hydrogens is 244 g/mol. The zero-order chi connectivity index (χ0) is 13.5. The van der Waals surface area contributed by atoms with E-state index in [1.165, 1.54) is 4.90 Å². The molecule has 0 saturated carbocycles. The fourth-order valence-corrected chi connectivity index (χ4v) is 3.41. The third-order valence-electron chi connectivity index (χ3n) is 4.49. The summed E-state index contributed by atoms with van der Waals surface area (Å²) in [5.74, 6) is 0.586. The monoisotopic (exact) mass is 262 g/mol. The van der Waals surface area contributed by atoms with Gasteiger partial charge in [0.1, 0.15) is 11.2 Å². The molecule has 3 rings (SSSR count). The number of imide groups is 1. The van der Waals surface area contributed by atoms with Crippen LogP contribution in [0.25, 0.3) is 0 Å². The van der Waals surface area contributed by atoms with E-state index in [0.29, 0.717) is 5.76 Å². The smallest absolute Gasteiger partial charge is 0.243 e. The molecule has 5 heteroatoms. The number of nitrogens with zero attached hydrogens (tertiary/aromatic N) is 1. The molecule has 2 saturated heterocycles. The average molecular weight is 262 g/mol. The Bertz CT molecular complexity index is 491. The summed E-state index contributed by atoms with van der Waals surface area (Å²) in [6, 6.07) is 3.61. The van der Waals surface area contributed by atoms with Crippen LogP contribution in [0.2, 0.25) is 0 Å². The molecule has 2 amide bonds. The first-order valence-electron chi connectivity index (χ1n) is 6.72. The van der Waals surface area contributed by atoms with Gasteiger partial charge in [-0.25, -0.2) is 0 Å². The zero-order valence-electron chi connectivity index (χ0n) is 11.0. The Labute approximate surface area is 111 Å². The zero-order valence-corrected chi connectivity index (χ0v) is 11.0. The molecule has 5 nitrogen and oxygen atoms in total. The van der Waals surface area contributed by atoms with Crippen LogP contribution >= 0.6 is 0 Å². The molecule has 0 spiro atoms. The first kappa shape index (κ1) is 12.4.